The maximum Gasteiger partial charge on any atom is 0.269 e. The van der Waals surface area contributed by atoms with E-state index in [1.165, 1.54) is 3.97 Å². The van der Waals surface area contributed by atoms with Crippen molar-refractivity contribution in [2.75, 3.05) is 0 Å². The van der Waals surface area contributed by atoms with Gasteiger partial charge >= 0.3 is 0 Å². The molecule has 24 heavy (non-hydrogen) atoms. The van der Waals surface area contributed by atoms with E-state index in [4.69, 9.17) is 0 Å². The summed E-state index contributed by atoms with van der Waals surface area (Å²) in [6.45, 7) is 7.43. The summed E-state index contributed by atoms with van der Waals surface area (Å²) in [5.74, 6) is 0.437. The molecular formula is C19H20N2O2S. The lowest BCUT2D eigenvalue weighted by molar-refractivity contribution is 0.586. The lowest BCUT2D eigenvalue weighted by Crippen LogP contribution is -2.16. The molecule has 0 fully saturated rings. The van der Waals surface area contributed by atoms with Crippen molar-refractivity contribution < 1.29 is 8.42 Å². The fraction of sp³-hybridized carbons (Fsp3) is 0.211. The van der Waals surface area contributed by atoms with Gasteiger partial charge in [0, 0.05) is 11.8 Å². The van der Waals surface area contributed by atoms with Crippen LogP contribution in [0.2, 0.25) is 0 Å². The van der Waals surface area contributed by atoms with E-state index < -0.39 is 10.0 Å². The number of hydrogen-bond donors (Lipinski definition) is 0. The molecule has 0 aliphatic heterocycles. The van der Waals surface area contributed by atoms with Crippen LogP contribution in [0.5, 0.6) is 0 Å². The number of aromatic nitrogens is 2. The molecule has 3 aromatic rings. The predicted molar refractivity (Wildman–Crippen MR) is 95.6 cm³/mol. The number of rotatable bonds is 3. The molecule has 0 spiro atoms. The van der Waals surface area contributed by atoms with Crippen molar-refractivity contribution in [2.45, 2.75) is 32.6 Å². The zero-order chi connectivity index (χ0) is 17.5. The van der Waals surface area contributed by atoms with Gasteiger partial charge in [-0.05, 0) is 38.8 Å². The van der Waals surface area contributed by atoms with Crippen LogP contribution in [0.1, 0.15) is 22.4 Å². The molecule has 1 heterocycles. The van der Waals surface area contributed by atoms with Crippen LogP contribution in [-0.4, -0.2) is 17.4 Å². The van der Waals surface area contributed by atoms with E-state index in [9.17, 15) is 8.42 Å². The van der Waals surface area contributed by atoms with Crippen LogP contribution < -0.4 is 0 Å². The maximum atomic E-state index is 13.3. The third-order valence-corrected chi connectivity index (χ3v) is 5.90. The fourth-order valence-electron chi connectivity index (χ4n) is 3.11. The van der Waals surface area contributed by atoms with Gasteiger partial charge in [-0.3, -0.25) is 0 Å². The summed E-state index contributed by atoms with van der Waals surface area (Å²) < 4.78 is 27.9. The normalized spacial score (nSPS) is 11.7. The van der Waals surface area contributed by atoms with E-state index in [-0.39, 0.29) is 0 Å². The summed E-state index contributed by atoms with van der Waals surface area (Å²) >= 11 is 0. The average Bonchev–Trinajstić information content (AvgIpc) is 2.89. The standard InChI is InChI=1S/C19H20N2O2S/c1-13-10-14(2)18(15(3)11-13)24(22,23)21-12-16(4)20-19(21)17-8-6-5-7-9-17/h5-12H,1-4H3. The molecule has 5 heteroatoms. The van der Waals surface area contributed by atoms with Crippen LogP contribution >= 0.6 is 0 Å². The van der Waals surface area contributed by atoms with Gasteiger partial charge in [0.15, 0.2) is 5.82 Å². The van der Waals surface area contributed by atoms with Crippen LogP contribution in [0, 0.1) is 27.7 Å². The van der Waals surface area contributed by atoms with Gasteiger partial charge in [0.05, 0.1) is 10.6 Å². The number of imidazole rings is 1. The van der Waals surface area contributed by atoms with E-state index in [2.05, 4.69) is 4.98 Å². The highest BCUT2D eigenvalue weighted by Gasteiger charge is 2.25. The Kier molecular flexibility index (Phi) is 4.05. The van der Waals surface area contributed by atoms with Crippen molar-refractivity contribution in [3.63, 3.8) is 0 Å². The van der Waals surface area contributed by atoms with E-state index in [0.717, 1.165) is 22.3 Å². The highest BCUT2D eigenvalue weighted by Crippen LogP contribution is 2.28. The minimum atomic E-state index is -3.72. The Morgan fingerprint density at radius 2 is 1.50 bits per heavy atom. The molecule has 0 bridgehead atoms. The molecule has 124 valence electrons. The second-order valence-corrected chi connectivity index (χ2v) is 7.85. The lowest BCUT2D eigenvalue weighted by Gasteiger charge is -2.14. The van der Waals surface area contributed by atoms with Crippen LogP contribution in [0.3, 0.4) is 0 Å². The fourth-order valence-corrected chi connectivity index (χ4v) is 4.90. The second-order valence-electron chi connectivity index (χ2n) is 6.10. The van der Waals surface area contributed by atoms with Gasteiger partial charge in [0.1, 0.15) is 0 Å². The van der Waals surface area contributed by atoms with Crippen molar-refractivity contribution in [2.24, 2.45) is 0 Å². The lowest BCUT2D eigenvalue weighted by atomic mass is 10.1. The van der Waals surface area contributed by atoms with E-state index in [1.807, 2.05) is 63.2 Å². The van der Waals surface area contributed by atoms with Gasteiger partial charge in [0.2, 0.25) is 0 Å². The Balaban J connectivity index is 2.27. The molecule has 3 rings (SSSR count). The van der Waals surface area contributed by atoms with Gasteiger partial charge in [-0.25, -0.2) is 17.4 Å². The second kappa shape index (κ2) is 5.91. The Hall–Kier alpha value is -2.40. The maximum absolute atomic E-state index is 13.3. The monoisotopic (exact) mass is 340 g/mol. The third kappa shape index (κ3) is 2.76. The smallest absolute Gasteiger partial charge is 0.233 e. The first-order valence-corrected chi connectivity index (χ1v) is 9.19. The largest absolute Gasteiger partial charge is 0.269 e. The van der Waals surface area contributed by atoms with Crippen LogP contribution in [0.4, 0.5) is 0 Å². The molecular weight excluding hydrogens is 320 g/mol. The Bertz CT molecular complexity index is 980. The number of nitrogens with zero attached hydrogens (tertiary/aromatic N) is 2. The molecule has 2 aromatic carbocycles. The summed E-state index contributed by atoms with van der Waals surface area (Å²) in [5.41, 5.74) is 3.99. The highest BCUT2D eigenvalue weighted by atomic mass is 32.2. The molecule has 1 aromatic heterocycles. The predicted octanol–water partition coefficient (Wildman–Crippen LogP) is 4.02. The Labute approximate surface area is 142 Å². The number of aryl methyl sites for hydroxylation is 4. The number of hydrogen-bond acceptors (Lipinski definition) is 3. The molecule has 0 aliphatic carbocycles. The van der Waals surface area contributed by atoms with Gasteiger partial charge in [-0.15, -0.1) is 0 Å². The summed E-state index contributed by atoms with van der Waals surface area (Å²) in [6.07, 6.45) is 1.58. The van der Waals surface area contributed by atoms with Gasteiger partial charge in [-0.1, -0.05) is 48.0 Å². The Morgan fingerprint density at radius 3 is 2.08 bits per heavy atom. The topological polar surface area (TPSA) is 52.0 Å². The summed E-state index contributed by atoms with van der Waals surface area (Å²) in [4.78, 5) is 4.78. The molecule has 0 radical (unpaired) electrons. The Morgan fingerprint density at radius 1 is 0.917 bits per heavy atom. The van der Waals surface area contributed by atoms with E-state index >= 15 is 0 Å². The zero-order valence-corrected chi connectivity index (χ0v) is 15.1. The van der Waals surface area contributed by atoms with E-state index in [1.54, 1.807) is 13.1 Å². The molecule has 0 saturated carbocycles. The van der Waals surface area contributed by atoms with Crippen molar-refractivity contribution in [3.05, 3.63) is 71.0 Å². The minimum absolute atomic E-state index is 0.350. The van der Waals surface area contributed by atoms with Gasteiger partial charge < -0.3 is 0 Å². The first-order chi connectivity index (χ1) is 11.3. The average molecular weight is 340 g/mol. The van der Waals surface area contributed by atoms with Crippen molar-refractivity contribution in [1.82, 2.24) is 8.96 Å². The molecule has 4 nitrogen and oxygen atoms in total. The quantitative estimate of drug-likeness (QED) is 0.723. The summed E-state index contributed by atoms with van der Waals surface area (Å²) in [5, 5.41) is 0. The zero-order valence-electron chi connectivity index (χ0n) is 14.2. The summed E-state index contributed by atoms with van der Waals surface area (Å²) in [7, 11) is -3.72. The molecule has 0 saturated heterocycles. The van der Waals surface area contributed by atoms with Crippen LogP contribution in [-0.2, 0) is 10.0 Å². The van der Waals surface area contributed by atoms with Gasteiger partial charge in [-0.2, -0.15) is 0 Å². The van der Waals surface area contributed by atoms with Crippen LogP contribution in [0.15, 0.2) is 53.6 Å². The van der Waals surface area contributed by atoms with Crippen molar-refractivity contribution in [3.8, 4) is 11.4 Å². The van der Waals surface area contributed by atoms with Crippen molar-refractivity contribution in [1.29, 1.82) is 0 Å². The molecule has 0 aliphatic rings. The minimum Gasteiger partial charge on any atom is -0.233 e. The molecule has 0 N–H and O–H groups in total. The molecule has 0 amide bonds. The van der Waals surface area contributed by atoms with Crippen LogP contribution in [0.25, 0.3) is 11.4 Å². The van der Waals surface area contributed by atoms with Gasteiger partial charge in [0.25, 0.3) is 10.0 Å². The third-order valence-electron chi connectivity index (χ3n) is 3.95. The summed E-state index contributed by atoms with van der Waals surface area (Å²) in [6, 6.07) is 13.2. The first kappa shape index (κ1) is 16.5. The first-order valence-electron chi connectivity index (χ1n) is 7.75. The molecule has 0 unspecified atom stereocenters. The number of benzene rings is 2. The highest BCUT2D eigenvalue weighted by molar-refractivity contribution is 7.90. The van der Waals surface area contributed by atoms with E-state index in [0.29, 0.717) is 16.4 Å². The SMILES string of the molecule is Cc1cc(C)c(S(=O)(=O)n2cc(C)nc2-c2ccccc2)c(C)c1. The molecule has 0 atom stereocenters. The van der Waals surface area contributed by atoms with Crippen molar-refractivity contribution >= 4 is 10.0 Å².